The Morgan fingerprint density at radius 3 is 1.72 bits per heavy atom. The van der Waals surface area contributed by atoms with E-state index in [1.807, 2.05) is 0 Å². The number of rotatable bonds is 3. The van der Waals surface area contributed by atoms with Crippen LogP contribution in [0.25, 0.3) is 0 Å². The van der Waals surface area contributed by atoms with Crippen molar-refractivity contribution in [2.45, 2.75) is 0 Å². The molecule has 0 aromatic heterocycles. The Morgan fingerprint density at radius 2 is 1.44 bits per heavy atom. The van der Waals surface area contributed by atoms with Gasteiger partial charge in [0.05, 0.1) is 4.92 Å². The molecule has 12 heteroatoms. The third kappa shape index (κ3) is 11.4. The van der Waals surface area contributed by atoms with Crippen molar-refractivity contribution in [3.63, 3.8) is 0 Å². The number of benzene rings is 1. The average Bonchev–Trinajstić information content (AvgIpc) is 2.02. The summed E-state index contributed by atoms with van der Waals surface area (Å²) in [7, 11) is -5.10. The van der Waals surface area contributed by atoms with Crippen molar-refractivity contribution in [1.29, 1.82) is 0 Å². The number of hydrogen-bond acceptors (Lipinski definition) is 7. The summed E-state index contributed by atoms with van der Waals surface area (Å²) in [5.41, 5.74) is -0.219. The van der Waals surface area contributed by atoms with Crippen LogP contribution in [0.4, 0.5) is 5.69 Å². The van der Waals surface area contributed by atoms with Gasteiger partial charge in [-0.25, -0.2) is 0 Å². The van der Waals surface area contributed by atoms with Gasteiger partial charge in [-0.05, 0) is 12.1 Å². The first-order chi connectivity index (χ1) is 6.38. The van der Waals surface area contributed by atoms with Crippen molar-refractivity contribution in [3.05, 3.63) is 34.4 Å². The van der Waals surface area contributed by atoms with Crippen LogP contribution in [0.1, 0.15) is 0 Å². The predicted molar refractivity (Wildman–Crippen MR) is 43.3 cm³/mol. The molecule has 0 saturated carbocycles. The van der Waals surface area contributed by atoms with Crippen molar-refractivity contribution >= 4 is 13.5 Å². The molecule has 84 valence electrons. The molecule has 0 aliphatic heterocycles. The molecule has 0 atom stereocenters. The Labute approximate surface area is 169 Å². The predicted octanol–water partition coefficient (Wildman–Crippen LogP) is -9.36. The normalized spacial score (nSPS) is 8.56. The summed E-state index contributed by atoms with van der Waals surface area (Å²) >= 11 is 0. The van der Waals surface area contributed by atoms with Gasteiger partial charge in [-0.15, -0.1) is 0 Å². The Hall–Kier alpha value is 1.53. The molecule has 0 aliphatic carbocycles. The van der Waals surface area contributed by atoms with Crippen LogP contribution in [-0.2, 0) is 4.57 Å². The van der Waals surface area contributed by atoms with Crippen LogP contribution in [0.5, 0.6) is 5.75 Å². The van der Waals surface area contributed by atoms with E-state index in [9.17, 15) is 24.5 Å². The van der Waals surface area contributed by atoms with Gasteiger partial charge >= 0.3 is 88.7 Å². The summed E-state index contributed by atoms with van der Waals surface area (Å²) in [6.45, 7) is 0. The van der Waals surface area contributed by atoms with E-state index in [4.69, 9.17) is 0 Å². The number of non-ortho nitro benzene ring substituents is 1. The maximum absolute atomic E-state index is 10.2. The molecule has 0 aliphatic rings. The minimum atomic E-state index is -5.10. The molecule has 0 bridgehead atoms. The molecule has 1 N–H and O–H groups in total. The monoisotopic (exact) mass is 303 g/mol. The summed E-state index contributed by atoms with van der Waals surface area (Å²) in [4.78, 5) is 29.8. The minimum absolute atomic E-state index is 0. The second kappa shape index (κ2) is 12.3. The molecule has 0 unspecified atom stereocenters. The fraction of sp³-hybridized carbons (Fsp3) is 0. The van der Waals surface area contributed by atoms with E-state index in [1.54, 1.807) is 0 Å². The fourth-order valence-corrected chi connectivity index (χ4v) is 1.14. The van der Waals surface area contributed by atoms with Crippen LogP contribution in [0.2, 0.25) is 0 Å². The number of nitro benzene ring substituents is 1. The number of nitro groups is 1. The zero-order chi connectivity index (χ0) is 10.8. The molecular weight excluding hydrogens is 298 g/mol. The molecule has 1 aromatic rings. The number of phosphoric ester groups is 1. The van der Waals surface area contributed by atoms with Gasteiger partial charge in [-0.3, -0.25) is 10.1 Å². The Balaban J connectivity index is -0.000000245. The summed E-state index contributed by atoms with van der Waals surface area (Å²) < 4.78 is 14.1. The van der Waals surface area contributed by atoms with E-state index in [0.717, 1.165) is 24.3 Å². The second-order valence-corrected chi connectivity index (χ2v) is 3.37. The number of nitrogens with zero attached hydrogens (tertiary/aromatic N) is 1. The Kier molecular flexibility index (Phi) is 19.0. The molecule has 0 amide bonds. The molecule has 0 saturated heterocycles. The van der Waals surface area contributed by atoms with E-state index in [2.05, 4.69) is 4.52 Å². The van der Waals surface area contributed by atoms with Gasteiger partial charge < -0.3 is 24.4 Å². The zero-order valence-corrected chi connectivity index (χ0v) is 17.0. The van der Waals surface area contributed by atoms with Crippen LogP contribution in [-0.4, -0.2) is 10.4 Å². The summed E-state index contributed by atoms with van der Waals surface area (Å²) in [6, 6.07) is 4.12. The number of hydrogen-bond donors (Lipinski definition) is 0. The smallest absolute Gasteiger partial charge is 0.870 e. The first kappa shape index (κ1) is 27.8. The topological polar surface area (TPSA) is 146 Å². The third-order valence-corrected chi connectivity index (χ3v) is 1.70. The van der Waals surface area contributed by atoms with E-state index >= 15 is 0 Å². The average molecular weight is 303 g/mol. The van der Waals surface area contributed by atoms with Gasteiger partial charge in [0.25, 0.3) is 5.69 Å². The Morgan fingerprint density at radius 1 is 1.06 bits per heavy atom. The SMILES string of the molecule is O=[N+]([O-])c1ccc(OP(=O)([O-])[O-])cc1.[Na+].[Na+].[Na+].[OH-]. The number of phosphoric acid groups is 1. The molecule has 0 radical (unpaired) electrons. The van der Waals surface area contributed by atoms with Crippen molar-refractivity contribution < 1.29 is 118 Å². The van der Waals surface area contributed by atoms with Crippen LogP contribution >= 0.6 is 7.82 Å². The van der Waals surface area contributed by atoms with Crippen LogP contribution in [0.3, 0.4) is 0 Å². The quantitative estimate of drug-likeness (QED) is 0.233. The van der Waals surface area contributed by atoms with Crippen molar-refractivity contribution in [2.75, 3.05) is 0 Å². The zero-order valence-electron chi connectivity index (χ0n) is 10.1. The third-order valence-electron chi connectivity index (χ3n) is 1.26. The van der Waals surface area contributed by atoms with Gasteiger partial charge in [0.1, 0.15) is 13.6 Å². The molecule has 0 fully saturated rings. The molecule has 18 heavy (non-hydrogen) atoms. The molecule has 0 spiro atoms. The molecule has 0 heterocycles. The van der Waals surface area contributed by atoms with Crippen molar-refractivity contribution in [3.8, 4) is 5.75 Å². The van der Waals surface area contributed by atoms with Crippen molar-refractivity contribution in [1.82, 2.24) is 0 Å². The summed E-state index contributed by atoms with van der Waals surface area (Å²) in [6.07, 6.45) is 0. The van der Waals surface area contributed by atoms with Crippen LogP contribution in [0, 0.1) is 10.1 Å². The maximum Gasteiger partial charge on any atom is 1.00 e. The molecule has 1 rings (SSSR count). The Bertz CT molecular complexity index is 395. The van der Waals surface area contributed by atoms with E-state index in [0.29, 0.717) is 0 Å². The van der Waals surface area contributed by atoms with Gasteiger partial charge in [0.15, 0.2) is 0 Å². The largest absolute Gasteiger partial charge is 1.00 e. The standard InChI is InChI=1S/C6H6NO6P.3Na.H2O/c8-7(9)5-1-3-6(4-2-5)13-14(10,11)12;;;;/h1-4H,(H2,10,11,12);;;;1H2/q;3*+1;/p-3. The first-order valence-corrected chi connectivity index (χ1v) is 4.81. The summed E-state index contributed by atoms with van der Waals surface area (Å²) in [5.74, 6) is -0.246. The molecular formula is C6H5NNa3O7P. The summed E-state index contributed by atoms with van der Waals surface area (Å²) in [5, 5.41) is 10.2. The van der Waals surface area contributed by atoms with E-state index in [1.165, 1.54) is 0 Å². The van der Waals surface area contributed by atoms with Crippen molar-refractivity contribution in [2.24, 2.45) is 0 Å². The molecule has 8 nitrogen and oxygen atoms in total. The first-order valence-electron chi connectivity index (χ1n) is 3.34. The fourth-order valence-electron chi connectivity index (χ4n) is 0.758. The van der Waals surface area contributed by atoms with Gasteiger partial charge in [-0.1, -0.05) is 0 Å². The van der Waals surface area contributed by atoms with Crippen LogP contribution in [0.15, 0.2) is 24.3 Å². The van der Waals surface area contributed by atoms with Gasteiger partial charge in [0, 0.05) is 12.1 Å². The van der Waals surface area contributed by atoms with Gasteiger partial charge in [-0.2, -0.15) is 0 Å². The van der Waals surface area contributed by atoms with E-state index in [-0.39, 0.29) is 106 Å². The van der Waals surface area contributed by atoms with E-state index < -0.39 is 12.7 Å². The molecule has 1 aromatic carbocycles. The van der Waals surface area contributed by atoms with Crippen LogP contribution < -0.4 is 103 Å². The minimum Gasteiger partial charge on any atom is -0.870 e. The maximum atomic E-state index is 10.2. The van der Waals surface area contributed by atoms with Gasteiger partial charge in [0.2, 0.25) is 0 Å². The second-order valence-electron chi connectivity index (χ2n) is 2.29.